The second-order valence-electron chi connectivity index (χ2n) is 19.9. The van der Waals surface area contributed by atoms with E-state index in [9.17, 15) is 14.4 Å². The quantitative estimate of drug-likeness (QED) is 0.0262. The van der Waals surface area contributed by atoms with Gasteiger partial charge in [0.25, 0.3) is 0 Å². The lowest BCUT2D eigenvalue weighted by atomic mass is 10.1. The Kier molecular flexibility index (Phi) is 53.7. The minimum absolute atomic E-state index is 0.0710. The molecule has 1 unspecified atom stereocenters. The molecule has 0 saturated carbocycles. The average molecular weight is 930 g/mol. The van der Waals surface area contributed by atoms with Crippen molar-refractivity contribution >= 4 is 17.9 Å². The molecule has 0 fully saturated rings. The van der Waals surface area contributed by atoms with Gasteiger partial charge in [-0.15, -0.1) is 0 Å². The van der Waals surface area contributed by atoms with Gasteiger partial charge in [-0.2, -0.15) is 0 Å². The number of unbranched alkanes of at least 4 members (excludes halogenated alkanes) is 39. The van der Waals surface area contributed by atoms with E-state index >= 15 is 0 Å². The molecule has 0 saturated heterocycles. The fourth-order valence-electron chi connectivity index (χ4n) is 8.73. The summed E-state index contributed by atoms with van der Waals surface area (Å²) in [4.78, 5) is 38.1. The highest BCUT2D eigenvalue weighted by molar-refractivity contribution is 5.71. The van der Waals surface area contributed by atoms with Crippen molar-refractivity contribution in [2.45, 2.75) is 329 Å². The highest BCUT2D eigenvalue weighted by Crippen LogP contribution is 2.16. The van der Waals surface area contributed by atoms with Crippen LogP contribution in [0.3, 0.4) is 0 Å². The van der Waals surface area contributed by atoms with E-state index in [1.807, 2.05) is 0 Å². The Morgan fingerprint density at radius 3 is 0.758 bits per heavy atom. The van der Waals surface area contributed by atoms with Gasteiger partial charge in [0.2, 0.25) is 0 Å². The first-order chi connectivity index (χ1) is 32.5. The molecule has 0 bridgehead atoms. The number of esters is 3. The first kappa shape index (κ1) is 63.9. The van der Waals surface area contributed by atoms with Crippen molar-refractivity contribution in [3.05, 3.63) is 24.3 Å². The fraction of sp³-hybridized carbons (Fsp3) is 0.883. The number of hydrogen-bond donors (Lipinski definition) is 0. The minimum atomic E-state index is -0.772. The number of rotatable bonds is 54. The van der Waals surface area contributed by atoms with Gasteiger partial charge in [0.1, 0.15) is 13.2 Å². The van der Waals surface area contributed by atoms with Crippen LogP contribution in [-0.2, 0) is 28.6 Å². The minimum Gasteiger partial charge on any atom is -0.462 e. The van der Waals surface area contributed by atoms with Crippen LogP contribution >= 0.6 is 0 Å². The van der Waals surface area contributed by atoms with Crippen molar-refractivity contribution in [2.75, 3.05) is 13.2 Å². The molecule has 0 aliphatic carbocycles. The van der Waals surface area contributed by atoms with Crippen molar-refractivity contribution in [2.24, 2.45) is 0 Å². The summed E-state index contributed by atoms with van der Waals surface area (Å²) in [5.74, 6) is -0.863. The van der Waals surface area contributed by atoms with Gasteiger partial charge in [0, 0.05) is 19.3 Å². The summed E-state index contributed by atoms with van der Waals surface area (Å²) in [5, 5.41) is 0. The van der Waals surface area contributed by atoms with Crippen LogP contribution in [0.1, 0.15) is 323 Å². The van der Waals surface area contributed by atoms with E-state index in [4.69, 9.17) is 14.2 Å². The van der Waals surface area contributed by atoms with Crippen molar-refractivity contribution in [3.8, 4) is 0 Å². The summed E-state index contributed by atoms with van der Waals surface area (Å²) >= 11 is 0. The molecule has 6 heteroatoms. The summed E-state index contributed by atoms with van der Waals surface area (Å²) in [6.07, 6.45) is 64.6. The first-order valence-corrected chi connectivity index (χ1v) is 29.3. The topological polar surface area (TPSA) is 78.9 Å². The van der Waals surface area contributed by atoms with Crippen LogP contribution in [0.4, 0.5) is 0 Å². The predicted octanol–water partition coefficient (Wildman–Crippen LogP) is 19.5. The van der Waals surface area contributed by atoms with Crippen molar-refractivity contribution in [3.63, 3.8) is 0 Å². The Balaban J connectivity index is 4.27. The van der Waals surface area contributed by atoms with E-state index in [1.165, 1.54) is 218 Å². The lowest BCUT2D eigenvalue weighted by Crippen LogP contribution is -2.30. The lowest BCUT2D eigenvalue weighted by Gasteiger charge is -2.18. The highest BCUT2D eigenvalue weighted by atomic mass is 16.6. The van der Waals surface area contributed by atoms with Crippen LogP contribution in [0.2, 0.25) is 0 Å². The maximum absolute atomic E-state index is 12.8. The maximum atomic E-state index is 12.8. The Morgan fingerprint density at radius 1 is 0.288 bits per heavy atom. The number of allylic oxidation sites excluding steroid dienone is 4. The molecule has 0 rings (SSSR count). The van der Waals surface area contributed by atoms with E-state index in [-0.39, 0.29) is 31.1 Å². The average Bonchev–Trinajstić information content (AvgIpc) is 3.31. The third kappa shape index (κ3) is 52.9. The molecule has 0 spiro atoms. The molecule has 0 heterocycles. The zero-order chi connectivity index (χ0) is 47.9. The lowest BCUT2D eigenvalue weighted by molar-refractivity contribution is -0.167. The normalized spacial score (nSPS) is 12.1. The van der Waals surface area contributed by atoms with Gasteiger partial charge in [0.15, 0.2) is 6.10 Å². The zero-order valence-electron chi connectivity index (χ0n) is 44.5. The van der Waals surface area contributed by atoms with Crippen molar-refractivity contribution in [1.29, 1.82) is 0 Å². The molecule has 0 radical (unpaired) electrons. The van der Waals surface area contributed by atoms with Gasteiger partial charge in [-0.25, -0.2) is 0 Å². The van der Waals surface area contributed by atoms with Gasteiger partial charge in [-0.1, -0.05) is 257 Å². The molecule has 0 aliphatic heterocycles. The zero-order valence-corrected chi connectivity index (χ0v) is 44.5. The first-order valence-electron chi connectivity index (χ1n) is 29.3. The maximum Gasteiger partial charge on any atom is 0.306 e. The standard InChI is InChI=1S/C60H112O6/c1-4-7-10-13-16-19-22-24-26-28-29-30-31-32-34-35-38-41-44-47-50-53-59(62)65-56-57(55-64-58(61)52-49-46-43-40-37-21-18-15-12-9-6-3)66-60(63)54-51-48-45-42-39-36-33-27-25-23-20-17-14-11-8-5-2/h27-29,33,57H,4-26,30-32,34-56H2,1-3H3/b29-28-,33-27-. The van der Waals surface area contributed by atoms with Crippen LogP contribution in [0.25, 0.3) is 0 Å². The molecule has 0 N–H and O–H groups in total. The molecule has 388 valence electrons. The largest absolute Gasteiger partial charge is 0.462 e. The Labute approximate surface area is 411 Å². The van der Waals surface area contributed by atoms with Crippen LogP contribution in [-0.4, -0.2) is 37.2 Å². The molecule has 0 aliphatic rings. The fourth-order valence-corrected chi connectivity index (χ4v) is 8.73. The van der Waals surface area contributed by atoms with E-state index in [0.717, 1.165) is 64.2 Å². The number of carbonyl (C=O) groups is 3. The van der Waals surface area contributed by atoms with Crippen molar-refractivity contribution in [1.82, 2.24) is 0 Å². The molecular weight excluding hydrogens is 817 g/mol. The second kappa shape index (κ2) is 55.5. The van der Waals surface area contributed by atoms with E-state index in [0.29, 0.717) is 19.3 Å². The number of carbonyl (C=O) groups excluding carboxylic acids is 3. The van der Waals surface area contributed by atoms with Crippen molar-refractivity contribution < 1.29 is 28.6 Å². The number of hydrogen-bond acceptors (Lipinski definition) is 6. The monoisotopic (exact) mass is 929 g/mol. The molecule has 1 atom stereocenters. The SMILES string of the molecule is CCCCCCCCC/C=C\CCCCCCCC(=O)OC(COC(=O)CCCCCCCCCCC/C=C\CCCCCCCCCC)COC(=O)CCCCCCCCCCCCC. The van der Waals surface area contributed by atoms with Gasteiger partial charge < -0.3 is 14.2 Å². The molecular formula is C60H112O6. The van der Waals surface area contributed by atoms with Crippen LogP contribution in [0.5, 0.6) is 0 Å². The predicted molar refractivity (Wildman–Crippen MR) is 284 cm³/mol. The summed E-state index contributed by atoms with van der Waals surface area (Å²) in [5.41, 5.74) is 0. The third-order valence-electron chi connectivity index (χ3n) is 13.2. The summed E-state index contributed by atoms with van der Waals surface area (Å²) in [7, 11) is 0. The van der Waals surface area contributed by atoms with Crippen LogP contribution in [0.15, 0.2) is 24.3 Å². The second-order valence-corrected chi connectivity index (χ2v) is 19.9. The highest BCUT2D eigenvalue weighted by Gasteiger charge is 2.19. The third-order valence-corrected chi connectivity index (χ3v) is 13.2. The van der Waals surface area contributed by atoms with Gasteiger partial charge in [-0.3, -0.25) is 14.4 Å². The Hall–Kier alpha value is -2.11. The molecule has 0 aromatic heterocycles. The smallest absolute Gasteiger partial charge is 0.306 e. The number of ether oxygens (including phenoxy) is 3. The summed E-state index contributed by atoms with van der Waals surface area (Å²) in [6, 6.07) is 0. The molecule has 0 aromatic rings. The van der Waals surface area contributed by atoms with Crippen LogP contribution in [0, 0.1) is 0 Å². The molecule has 6 nitrogen and oxygen atoms in total. The molecule has 0 aromatic carbocycles. The van der Waals surface area contributed by atoms with Gasteiger partial charge in [-0.05, 0) is 70.6 Å². The Morgan fingerprint density at radius 2 is 0.500 bits per heavy atom. The van der Waals surface area contributed by atoms with Gasteiger partial charge in [0.05, 0.1) is 0 Å². The van der Waals surface area contributed by atoms with E-state index < -0.39 is 6.10 Å². The molecule has 0 amide bonds. The van der Waals surface area contributed by atoms with Crippen LogP contribution < -0.4 is 0 Å². The summed E-state index contributed by atoms with van der Waals surface area (Å²) < 4.78 is 16.9. The summed E-state index contributed by atoms with van der Waals surface area (Å²) in [6.45, 7) is 6.67. The van der Waals surface area contributed by atoms with E-state index in [2.05, 4.69) is 45.1 Å². The Bertz CT molecular complexity index is 1070. The molecule has 66 heavy (non-hydrogen) atoms. The van der Waals surface area contributed by atoms with Gasteiger partial charge >= 0.3 is 17.9 Å². The van der Waals surface area contributed by atoms with E-state index in [1.54, 1.807) is 0 Å².